The summed E-state index contributed by atoms with van der Waals surface area (Å²) >= 11 is 0. The zero-order valence-electron chi connectivity index (χ0n) is 9.83. The molecule has 0 saturated carbocycles. The minimum atomic E-state index is -4.25. The molecule has 0 spiro atoms. The van der Waals surface area contributed by atoms with Crippen molar-refractivity contribution in [1.82, 2.24) is 5.32 Å². The Labute approximate surface area is 104 Å². The SMILES string of the molecule is Oc1ccc(CNCCCOCC(F)(F)F)cc1. The van der Waals surface area contributed by atoms with Crippen molar-refractivity contribution in [2.75, 3.05) is 19.8 Å². The molecule has 2 N–H and O–H groups in total. The highest BCUT2D eigenvalue weighted by Crippen LogP contribution is 2.14. The number of rotatable bonds is 7. The number of hydrogen-bond donors (Lipinski definition) is 2. The molecule has 0 heterocycles. The van der Waals surface area contributed by atoms with Gasteiger partial charge in [0.25, 0.3) is 0 Å². The predicted molar refractivity (Wildman–Crippen MR) is 61.3 cm³/mol. The maximum absolute atomic E-state index is 11.7. The maximum atomic E-state index is 11.7. The number of benzene rings is 1. The summed E-state index contributed by atoms with van der Waals surface area (Å²) in [5.41, 5.74) is 1.00. The lowest BCUT2D eigenvalue weighted by Crippen LogP contribution is -2.20. The van der Waals surface area contributed by atoms with Crippen LogP contribution in [0.25, 0.3) is 0 Å². The average molecular weight is 263 g/mol. The summed E-state index contributed by atoms with van der Waals surface area (Å²) < 4.78 is 39.6. The van der Waals surface area contributed by atoms with Crippen LogP contribution in [0.5, 0.6) is 5.75 Å². The Morgan fingerprint density at radius 3 is 2.44 bits per heavy atom. The number of hydrogen-bond acceptors (Lipinski definition) is 3. The number of ether oxygens (including phenoxy) is 1. The van der Waals surface area contributed by atoms with Gasteiger partial charge in [-0.2, -0.15) is 13.2 Å². The van der Waals surface area contributed by atoms with Gasteiger partial charge in [0.15, 0.2) is 0 Å². The summed E-state index contributed by atoms with van der Waals surface area (Å²) in [6, 6.07) is 6.73. The summed E-state index contributed by atoms with van der Waals surface area (Å²) in [5, 5.41) is 12.1. The van der Waals surface area contributed by atoms with Crippen molar-refractivity contribution < 1.29 is 23.0 Å². The molecule has 1 aromatic carbocycles. The molecule has 0 fully saturated rings. The van der Waals surface area contributed by atoms with E-state index >= 15 is 0 Å². The van der Waals surface area contributed by atoms with E-state index in [9.17, 15) is 13.2 Å². The number of alkyl halides is 3. The summed E-state index contributed by atoms with van der Waals surface area (Å²) in [6.45, 7) is 0.0886. The molecule has 0 radical (unpaired) electrons. The Bertz CT molecular complexity index is 338. The number of aromatic hydroxyl groups is 1. The Balaban J connectivity index is 2.00. The van der Waals surface area contributed by atoms with Crippen molar-refractivity contribution in [3.63, 3.8) is 0 Å². The first-order valence-corrected chi connectivity index (χ1v) is 5.60. The maximum Gasteiger partial charge on any atom is 0.411 e. The molecule has 0 bridgehead atoms. The summed E-state index contributed by atoms with van der Waals surface area (Å²) in [7, 11) is 0. The lowest BCUT2D eigenvalue weighted by molar-refractivity contribution is -0.173. The topological polar surface area (TPSA) is 41.5 Å². The smallest absolute Gasteiger partial charge is 0.411 e. The van der Waals surface area contributed by atoms with Gasteiger partial charge in [-0.25, -0.2) is 0 Å². The fraction of sp³-hybridized carbons (Fsp3) is 0.500. The Morgan fingerprint density at radius 1 is 1.17 bits per heavy atom. The third-order valence-electron chi connectivity index (χ3n) is 2.17. The summed E-state index contributed by atoms with van der Waals surface area (Å²) in [5.74, 6) is 0.208. The molecule has 0 saturated heterocycles. The van der Waals surface area contributed by atoms with E-state index in [1.54, 1.807) is 24.3 Å². The van der Waals surface area contributed by atoms with E-state index in [-0.39, 0.29) is 12.4 Å². The zero-order chi connectivity index (χ0) is 13.4. The summed E-state index contributed by atoms with van der Waals surface area (Å²) in [6.07, 6.45) is -3.73. The van der Waals surface area contributed by atoms with Crippen molar-refractivity contribution in [3.05, 3.63) is 29.8 Å². The molecule has 1 rings (SSSR count). The van der Waals surface area contributed by atoms with Crippen molar-refractivity contribution in [1.29, 1.82) is 0 Å². The minimum absolute atomic E-state index is 0.0854. The van der Waals surface area contributed by atoms with Crippen LogP contribution in [0.4, 0.5) is 13.2 Å². The van der Waals surface area contributed by atoms with E-state index in [0.717, 1.165) is 5.56 Å². The quantitative estimate of drug-likeness (QED) is 0.742. The lowest BCUT2D eigenvalue weighted by atomic mass is 10.2. The van der Waals surface area contributed by atoms with Gasteiger partial charge in [-0.05, 0) is 30.7 Å². The van der Waals surface area contributed by atoms with Crippen LogP contribution >= 0.6 is 0 Å². The second-order valence-electron chi connectivity index (χ2n) is 3.86. The molecule has 0 amide bonds. The van der Waals surface area contributed by atoms with E-state index in [2.05, 4.69) is 10.1 Å². The molecule has 0 aliphatic rings. The molecule has 18 heavy (non-hydrogen) atoms. The minimum Gasteiger partial charge on any atom is -0.508 e. The highest BCUT2D eigenvalue weighted by atomic mass is 19.4. The van der Waals surface area contributed by atoms with Crippen LogP contribution in [-0.4, -0.2) is 31.0 Å². The Hall–Kier alpha value is -1.27. The van der Waals surface area contributed by atoms with Gasteiger partial charge < -0.3 is 15.2 Å². The van der Waals surface area contributed by atoms with Gasteiger partial charge in [-0.15, -0.1) is 0 Å². The van der Waals surface area contributed by atoms with Crippen molar-refractivity contribution in [2.24, 2.45) is 0 Å². The lowest BCUT2D eigenvalue weighted by Gasteiger charge is -2.08. The first kappa shape index (κ1) is 14.8. The number of phenols is 1. The van der Waals surface area contributed by atoms with E-state index in [0.29, 0.717) is 19.5 Å². The monoisotopic (exact) mass is 263 g/mol. The number of phenolic OH excluding ortho intramolecular Hbond substituents is 1. The molecular formula is C12H16F3NO2. The molecule has 0 aromatic heterocycles. The van der Waals surface area contributed by atoms with Gasteiger partial charge in [-0.3, -0.25) is 0 Å². The van der Waals surface area contributed by atoms with Crippen LogP contribution in [0, 0.1) is 0 Å². The molecule has 0 atom stereocenters. The van der Waals surface area contributed by atoms with E-state index < -0.39 is 12.8 Å². The van der Waals surface area contributed by atoms with Crippen LogP contribution in [-0.2, 0) is 11.3 Å². The predicted octanol–water partition coefficient (Wildman–Crippen LogP) is 2.45. The fourth-order valence-corrected chi connectivity index (χ4v) is 1.33. The van der Waals surface area contributed by atoms with Crippen LogP contribution in [0.2, 0.25) is 0 Å². The molecule has 0 unspecified atom stereocenters. The van der Waals surface area contributed by atoms with Crippen molar-refractivity contribution in [3.8, 4) is 5.75 Å². The first-order chi connectivity index (χ1) is 8.47. The highest BCUT2D eigenvalue weighted by molar-refractivity contribution is 5.25. The van der Waals surface area contributed by atoms with Crippen LogP contribution < -0.4 is 5.32 Å². The fourth-order valence-electron chi connectivity index (χ4n) is 1.33. The molecular weight excluding hydrogens is 247 g/mol. The molecule has 1 aromatic rings. The van der Waals surface area contributed by atoms with E-state index in [1.165, 1.54) is 0 Å². The Morgan fingerprint density at radius 2 is 1.83 bits per heavy atom. The number of nitrogens with one attached hydrogen (secondary N) is 1. The molecule has 102 valence electrons. The second kappa shape index (κ2) is 7.23. The van der Waals surface area contributed by atoms with Gasteiger partial charge >= 0.3 is 6.18 Å². The normalized spacial score (nSPS) is 11.7. The van der Waals surface area contributed by atoms with Crippen LogP contribution in [0.1, 0.15) is 12.0 Å². The second-order valence-corrected chi connectivity index (χ2v) is 3.86. The van der Waals surface area contributed by atoms with Crippen molar-refractivity contribution >= 4 is 0 Å². The highest BCUT2D eigenvalue weighted by Gasteiger charge is 2.27. The largest absolute Gasteiger partial charge is 0.508 e. The standard InChI is InChI=1S/C12H16F3NO2/c13-12(14,15)9-18-7-1-6-16-8-10-2-4-11(17)5-3-10/h2-5,16-17H,1,6-9H2. The third-order valence-corrected chi connectivity index (χ3v) is 2.17. The molecule has 3 nitrogen and oxygen atoms in total. The van der Waals surface area contributed by atoms with Gasteiger partial charge in [0.05, 0.1) is 0 Å². The zero-order valence-corrected chi connectivity index (χ0v) is 9.83. The molecule has 6 heteroatoms. The van der Waals surface area contributed by atoms with E-state index in [1.807, 2.05) is 0 Å². The van der Waals surface area contributed by atoms with Gasteiger partial charge in [0.2, 0.25) is 0 Å². The first-order valence-electron chi connectivity index (χ1n) is 5.60. The van der Waals surface area contributed by atoms with E-state index in [4.69, 9.17) is 5.11 Å². The van der Waals surface area contributed by atoms with Gasteiger partial charge in [0, 0.05) is 13.2 Å². The number of halogens is 3. The van der Waals surface area contributed by atoms with Gasteiger partial charge in [0.1, 0.15) is 12.4 Å². The Kier molecular flexibility index (Phi) is 5.94. The molecule has 0 aliphatic carbocycles. The van der Waals surface area contributed by atoms with Crippen LogP contribution in [0.3, 0.4) is 0 Å². The van der Waals surface area contributed by atoms with Crippen molar-refractivity contribution in [2.45, 2.75) is 19.1 Å². The van der Waals surface area contributed by atoms with Gasteiger partial charge in [-0.1, -0.05) is 12.1 Å². The van der Waals surface area contributed by atoms with Crippen LogP contribution in [0.15, 0.2) is 24.3 Å². The third kappa shape index (κ3) is 7.13. The average Bonchev–Trinajstić information content (AvgIpc) is 2.29. The summed E-state index contributed by atoms with van der Waals surface area (Å²) in [4.78, 5) is 0. The molecule has 0 aliphatic heterocycles.